The third-order valence-electron chi connectivity index (χ3n) is 3.77. The van der Waals surface area contributed by atoms with Crippen molar-refractivity contribution in [2.75, 3.05) is 12.4 Å². The number of benzene rings is 1. The smallest absolute Gasteiger partial charge is 0.387 e. The highest BCUT2D eigenvalue weighted by atomic mass is 19.3. The highest BCUT2D eigenvalue weighted by molar-refractivity contribution is 6.07. The predicted octanol–water partition coefficient (Wildman–Crippen LogP) is 3.14. The van der Waals surface area contributed by atoms with E-state index in [4.69, 9.17) is 4.74 Å². The number of hydrogen-bond acceptors (Lipinski definition) is 5. The Kier molecular flexibility index (Phi) is 4.70. The van der Waals surface area contributed by atoms with Crippen LogP contribution in [0.1, 0.15) is 16.1 Å². The normalized spacial score (nSPS) is 11.0. The lowest BCUT2D eigenvalue weighted by Crippen LogP contribution is -2.15. The first-order valence-electron chi connectivity index (χ1n) is 7.63. The monoisotopic (exact) mass is 362 g/mol. The Labute approximate surface area is 147 Å². The number of halogens is 2. The van der Waals surface area contributed by atoms with Gasteiger partial charge >= 0.3 is 6.61 Å². The number of pyridine rings is 1. The van der Waals surface area contributed by atoms with Crippen molar-refractivity contribution in [3.63, 3.8) is 0 Å². The molecule has 2 aromatic heterocycles. The fraction of sp³-hybridized carbons (Fsp3) is 0.235. The number of alkyl halides is 2. The number of para-hydroxylation sites is 1. The van der Waals surface area contributed by atoms with Crippen molar-refractivity contribution in [3.8, 4) is 11.5 Å². The summed E-state index contributed by atoms with van der Waals surface area (Å²) in [5, 5.41) is 7.67. The number of amides is 1. The van der Waals surface area contributed by atoms with Crippen molar-refractivity contribution >= 4 is 22.6 Å². The molecule has 3 aromatic rings. The van der Waals surface area contributed by atoms with Gasteiger partial charge in [-0.3, -0.25) is 9.48 Å². The van der Waals surface area contributed by atoms with Gasteiger partial charge in [0.25, 0.3) is 5.91 Å². The largest absolute Gasteiger partial charge is 0.493 e. The summed E-state index contributed by atoms with van der Waals surface area (Å²) in [6.45, 7) is -1.26. The van der Waals surface area contributed by atoms with Crippen molar-refractivity contribution in [2.45, 2.75) is 13.5 Å². The van der Waals surface area contributed by atoms with Gasteiger partial charge in [0.05, 0.1) is 30.3 Å². The summed E-state index contributed by atoms with van der Waals surface area (Å²) in [5.74, 6) is -0.911. The van der Waals surface area contributed by atoms with Crippen molar-refractivity contribution < 1.29 is 23.0 Å². The number of nitrogens with one attached hydrogen (secondary N) is 1. The molecule has 3 rings (SSSR count). The van der Waals surface area contributed by atoms with Crippen molar-refractivity contribution in [2.24, 2.45) is 7.05 Å². The van der Waals surface area contributed by atoms with Crippen LogP contribution in [-0.4, -0.2) is 34.4 Å². The standard InChI is InChI=1S/C17H16F2N4O3/c1-9-12-7-10(8-20-15(12)23(2)22-9)21-16(24)11-5-4-6-13(25-3)14(11)26-17(18)19/h4-8,17H,1-3H3,(H,21,24). The molecule has 2 heterocycles. The van der Waals surface area contributed by atoms with Crippen LogP contribution in [0.4, 0.5) is 14.5 Å². The van der Waals surface area contributed by atoms with E-state index in [2.05, 4.69) is 20.1 Å². The van der Waals surface area contributed by atoms with Crippen LogP contribution in [0.25, 0.3) is 11.0 Å². The van der Waals surface area contributed by atoms with Crippen LogP contribution in [0.5, 0.6) is 11.5 Å². The Hall–Kier alpha value is -3.23. The number of hydrogen-bond donors (Lipinski definition) is 1. The quantitative estimate of drug-likeness (QED) is 0.754. The number of fused-ring (bicyclic) bond motifs is 1. The number of aryl methyl sites for hydroxylation is 2. The number of carbonyl (C=O) groups excluding carboxylic acids is 1. The average molecular weight is 362 g/mol. The molecule has 0 fully saturated rings. The molecule has 26 heavy (non-hydrogen) atoms. The molecule has 0 aliphatic rings. The number of aromatic nitrogens is 3. The highest BCUT2D eigenvalue weighted by Crippen LogP contribution is 2.33. The lowest BCUT2D eigenvalue weighted by atomic mass is 10.1. The minimum absolute atomic E-state index is 0.0367. The lowest BCUT2D eigenvalue weighted by molar-refractivity contribution is -0.0515. The Morgan fingerprint density at radius 3 is 2.81 bits per heavy atom. The van der Waals surface area contributed by atoms with Gasteiger partial charge in [-0.1, -0.05) is 6.07 Å². The summed E-state index contributed by atoms with van der Waals surface area (Å²) < 4.78 is 36.5. The van der Waals surface area contributed by atoms with Gasteiger partial charge in [0.1, 0.15) is 0 Å². The predicted molar refractivity (Wildman–Crippen MR) is 90.8 cm³/mol. The molecule has 0 saturated carbocycles. The summed E-state index contributed by atoms with van der Waals surface area (Å²) in [6, 6.07) is 6.03. The van der Waals surface area contributed by atoms with Gasteiger partial charge in [-0.15, -0.1) is 0 Å². The van der Waals surface area contributed by atoms with Gasteiger partial charge < -0.3 is 14.8 Å². The van der Waals surface area contributed by atoms with Gasteiger partial charge in [0.15, 0.2) is 17.1 Å². The van der Waals surface area contributed by atoms with Crippen LogP contribution < -0.4 is 14.8 Å². The highest BCUT2D eigenvalue weighted by Gasteiger charge is 2.20. The molecule has 0 radical (unpaired) electrons. The molecule has 9 heteroatoms. The molecule has 136 valence electrons. The van der Waals surface area contributed by atoms with Crippen LogP contribution in [0.15, 0.2) is 30.5 Å². The number of carbonyl (C=O) groups is 1. The summed E-state index contributed by atoms with van der Waals surface area (Å²) in [4.78, 5) is 16.8. The first-order chi connectivity index (χ1) is 12.4. The third-order valence-corrected chi connectivity index (χ3v) is 3.77. The second-order valence-corrected chi connectivity index (χ2v) is 5.47. The van der Waals surface area contributed by atoms with Crippen LogP contribution in [-0.2, 0) is 7.05 Å². The molecule has 0 unspecified atom stereocenters. The molecule has 1 N–H and O–H groups in total. The molecule has 0 aliphatic carbocycles. The Balaban J connectivity index is 1.94. The third kappa shape index (κ3) is 3.28. The first-order valence-corrected chi connectivity index (χ1v) is 7.63. The van der Waals surface area contributed by atoms with E-state index in [1.165, 1.54) is 31.5 Å². The Bertz CT molecular complexity index is 972. The van der Waals surface area contributed by atoms with Gasteiger partial charge in [-0.05, 0) is 25.1 Å². The van der Waals surface area contributed by atoms with Crippen molar-refractivity contribution in [1.29, 1.82) is 0 Å². The van der Waals surface area contributed by atoms with Gasteiger partial charge in [0.2, 0.25) is 0 Å². The van der Waals surface area contributed by atoms with Gasteiger partial charge in [0, 0.05) is 12.4 Å². The number of ether oxygens (including phenoxy) is 2. The molecular weight excluding hydrogens is 346 g/mol. The average Bonchev–Trinajstić information content (AvgIpc) is 2.88. The maximum Gasteiger partial charge on any atom is 0.387 e. The Morgan fingerprint density at radius 2 is 2.12 bits per heavy atom. The van der Waals surface area contributed by atoms with E-state index in [-0.39, 0.29) is 17.1 Å². The molecular formula is C17H16F2N4O3. The van der Waals surface area contributed by atoms with Crippen molar-refractivity contribution in [3.05, 3.63) is 41.7 Å². The fourth-order valence-corrected chi connectivity index (χ4v) is 2.64. The van der Waals surface area contributed by atoms with E-state index in [0.717, 1.165) is 11.1 Å². The van der Waals surface area contributed by atoms with Gasteiger partial charge in [-0.2, -0.15) is 13.9 Å². The Morgan fingerprint density at radius 1 is 1.35 bits per heavy atom. The zero-order valence-electron chi connectivity index (χ0n) is 14.3. The summed E-state index contributed by atoms with van der Waals surface area (Å²) in [5.41, 5.74) is 1.76. The molecule has 0 aliphatic heterocycles. The maximum absolute atomic E-state index is 12.7. The summed E-state index contributed by atoms with van der Waals surface area (Å²) >= 11 is 0. The summed E-state index contributed by atoms with van der Waals surface area (Å²) in [7, 11) is 3.07. The van der Waals surface area contributed by atoms with Crippen LogP contribution in [0.2, 0.25) is 0 Å². The van der Waals surface area contributed by atoms with E-state index in [9.17, 15) is 13.6 Å². The molecule has 7 nitrogen and oxygen atoms in total. The number of anilines is 1. The summed E-state index contributed by atoms with van der Waals surface area (Å²) in [6.07, 6.45) is 1.47. The number of rotatable bonds is 5. The van der Waals surface area contributed by atoms with E-state index < -0.39 is 12.5 Å². The number of nitrogens with zero attached hydrogens (tertiary/aromatic N) is 3. The second kappa shape index (κ2) is 6.95. The molecule has 0 saturated heterocycles. The molecule has 0 spiro atoms. The van der Waals surface area contributed by atoms with E-state index >= 15 is 0 Å². The van der Waals surface area contributed by atoms with Crippen LogP contribution in [0, 0.1) is 6.92 Å². The minimum atomic E-state index is -3.09. The minimum Gasteiger partial charge on any atom is -0.493 e. The zero-order chi connectivity index (χ0) is 18.8. The zero-order valence-corrected chi connectivity index (χ0v) is 14.3. The maximum atomic E-state index is 12.7. The second-order valence-electron chi connectivity index (χ2n) is 5.47. The first kappa shape index (κ1) is 17.6. The van der Waals surface area contributed by atoms with E-state index in [1.54, 1.807) is 17.8 Å². The SMILES string of the molecule is COc1cccc(C(=O)Nc2cnc3c(c2)c(C)nn3C)c1OC(F)F. The molecule has 0 bridgehead atoms. The lowest BCUT2D eigenvalue weighted by Gasteiger charge is -2.14. The molecule has 0 atom stereocenters. The fourth-order valence-electron chi connectivity index (χ4n) is 2.64. The van der Waals surface area contributed by atoms with Crippen LogP contribution >= 0.6 is 0 Å². The van der Waals surface area contributed by atoms with Crippen molar-refractivity contribution in [1.82, 2.24) is 14.8 Å². The van der Waals surface area contributed by atoms with E-state index in [1.807, 2.05) is 6.92 Å². The number of methoxy groups -OCH3 is 1. The van der Waals surface area contributed by atoms with E-state index in [0.29, 0.717) is 11.3 Å². The molecule has 1 amide bonds. The van der Waals surface area contributed by atoms with Gasteiger partial charge in [-0.25, -0.2) is 4.98 Å². The topological polar surface area (TPSA) is 78.3 Å². The van der Waals surface area contributed by atoms with Crippen LogP contribution in [0.3, 0.4) is 0 Å². The molecule has 1 aromatic carbocycles.